The van der Waals surface area contributed by atoms with E-state index in [0.717, 1.165) is 56.9 Å². The molecule has 3 heterocycles. The van der Waals surface area contributed by atoms with Gasteiger partial charge in [-0.25, -0.2) is 4.98 Å². The Morgan fingerprint density at radius 3 is 2.47 bits per heavy atom. The molecule has 2 aliphatic rings. The molecule has 1 aromatic rings. The molecule has 0 saturated carbocycles. The number of nitrogens with two attached hydrogens (primary N) is 1. The maximum Gasteiger partial charge on any atom is 0.128 e. The summed E-state index contributed by atoms with van der Waals surface area (Å²) >= 11 is 0. The molecule has 0 spiro atoms. The fraction of sp³-hybridized carbons (Fsp3) is 0.643. The van der Waals surface area contributed by atoms with Crippen LogP contribution in [0.3, 0.4) is 0 Å². The molecule has 0 aliphatic carbocycles. The van der Waals surface area contributed by atoms with Gasteiger partial charge in [0.05, 0.1) is 11.9 Å². The molecule has 19 heavy (non-hydrogen) atoms. The normalized spacial score (nSPS) is 22.6. The molecule has 104 valence electrons. The van der Waals surface area contributed by atoms with Crippen molar-refractivity contribution < 1.29 is 4.74 Å². The second kappa shape index (κ2) is 5.75. The minimum Gasteiger partial charge on any atom is -0.397 e. The predicted molar refractivity (Wildman–Crippen MR) is 76.3 cm³/mol. The minimum atomic E-state index is 0.718. The number of piperazine rings is 1. The van der Waals surface area contributed by atoms with Crippen LogP contribution < -0.4 is 10.6 Å². The highest BCUT2D eigenvalue weighted by molar-refractivity contribution is 5.46. The maximum atomic E-state index is 5.67. The number of ether oxygens (including phenoxy) is 1. The van der Waals surface area contributed by atoms with Crippen molar-refractivity contribution in [3.05, 3.63) is 18.3 Å². The Morgan fingerprint density at radius 2 is 1.84 bits per heavy atom. The lowest BCUT2D eigenvalue weighted by Gasteiger charge is -2.41. The van der Waals surface area contributed by atoms with Crippen LogP contribution in [0.15, 0.2) is 18.3 Å². The second-order valence-electron chi connectivity index (χ2n) is 5.32. The Hall–Kier alpha value is -1.33. The zero-order valence-corrected chi connectivity index (χ0v) is 11.3. The van der Waals surface area contributed by atoms with Gasteiger partial charge in [-0.2, -0.15) is 0 Å². The average molecular weight is 262 g/mol. The molecule has 2 aliphatic heterocycles. The van der Waals surface area contributed by atoms with Crippen molar-refractivity contribution in [1.82, 2.24) is 9.88 Å². The van der Waals surface area contributed by atoms with E-state index in [1.807, 2.05) is 12.1 Å². The number of hydrogen-bond acceptors (Lipinski definition) is 5. The molecule has 1 aromatic heterocycles. The van der Waals surface area contributed by atoms with Gasteiger partial charge >= 0.3 is 0 Å². The van der Waals surface area contributed by atoms with E-state index in [-0.39, 0.29) is 0 Å². The van der Waals surface area contributed by atoms with Crippen molar-refractivity contribution in [1.29, 1.82) is 0 Å². The second-order valence-corrected chi connectivity index (χ2v) is 5.32. The van der Waals surface area contributed by atoms with E-state index < -0.39 is 0 Å². The highest BCUT2D eigenvalue weighted by atomic mass is 16.5. The van der Waals surface area contributed by atoms with Gasteiger partial charge in [0.1, 0.15) is 5.82 Å². The molecule has 2 saturated heterocycles. The molecule has 0 atom stereocenters. The average Bonchev–Trinajstić information content (AvgIpc) is 2.49. The van der Waals surface area contributed by atoms with Crippen molar-refractivity contribution in [2.24, 2.45) is 0 Å². The Bertz CT molecular complexity index is 394. The van der Waals surface area contributed by atoms with E-state index in [1.54, 1.807) is 6.20 Å². The van der Waals surface area contributed by atoms with Crippen LogP contribution in [0.5, 0.6) is 0 Å². The van der Waals surface area contributed by atoms with Crippen LogP contribution in [-0.4, -0.2) is 55.3 Å². The fourth-order valence-corrected chi connectivity index (χ4v) is 2.95. The summed E-state index contributed by atoms with van der Waals surface area (Å²) < 4.78 is 5.43. The van der Waals surface area contributed by atoms with Gasteiger partial charge in [0.15, 0.2) is 0 Å². The van der Waals surface area contributed by atoms with Crippen LogP contribution in [0.4, 0.5) is 11.5 Å². The van der Waals surface area contributed by atoms with E-state index in [4.69, 9.17) is 10.5 Å². The maximum absolute atomic E-state index is 5.67. The van der Waals surface area contributed by atoms with Crippen LogP contribution in [0.25, 0.3) is 0 Å². The molecule has 0 radical (unpaired) electrons. The van der Waals surface area contributed by atoms with Gasteiger partial charge in [-0.15, -0.1) is 0 Å². The predicted octanol–water partition coefficient (Wildman–Crippen LogP) is 0.965. The first-order chi connectivity index (χ1) is 9.33. The summed E-state index contributed by atoms with van der Waals surface area (Å²) in [7, 11) is 0. The number of nitrogen functional groups attached to an aromatic ring is 1. The number of aromatic nitrogens is 1. The lowest BCUT2D eigenvalue weighted by atomic mass is 10.1. The topological polar surface area (TPSA) is 54.6 Å². The summed E-state index contributed by atoms with van der Waals surface area (Å²) in [4.78, 5) is 9.35. The Balaban J connectivity index is 1.55. The highest BCUT2D eigenvalue weighted by Crippen LogP contribution is 2.19. The first-order valence-corrected chi connectivity index (χ1v) is 7.11. The van der Waals surface area contributed by atoms with Gasteiger partial charge < -0.3 is 15.4 Å². The van der Waals surface area contributed by atoms with E-state index in [0.29, 0.717) is 0 Å². The molecule has 5 nitrogen and oxygen atoms in total. The van der Waals surface area contributed by atoms with Gasteiger partial charge in [-0.1, -0.05) is 0 Å². The number of pyridine rings is 1. The van der Waals surface area contributed by atoms with Crippen molar-refractivity contribution in [2.45, 2.75) is 18.9 Å². The highest BCUT2D eigenvalue weighted by Gasteiger charge is 2.25. The fourth-order valence-electron chi connectivity index (χ4n) is 2.95. The molecule has 2 fully saturated rings. The Morgan fingerprint density at radius 1 is 1.11 bits per heavy atom. The summed E-state index contributed by atoms with van der Waals surface area (Å²) in [5.74, 6) is 1.04. The van der Waals surface area contributed by atoms with Crippen LogP contribution in [0, 0.1) is 0 Å². The summed E-state index contributed by atoms with van der Waals surface area (Å²) in [6.07, 6.45) is 4.10. The third-order valence-electron chi connectivity index (χ3n) is 4.12. The van der Waals surface area contributed by atoms with E-state index in [2.05, 4.69) is 14.8 Å². The van der Waals surface area contributed by atoms with Crippen molar-refractivity contribution in [3.63, 3.8) is 0 Å². The molecule has 5 heteroatoms. The van der Waals surface area contributed by atoms with Crippen molar-refractivity contribution in [2.75, 3.05) is 50.0 Å². The smallest absolute Gasteiger partial charge is 0.128 e. The zero-order valence-electron chi connectivity index (χ0n) is 11.3. The van der Waals surface area contributed by atoms with Crippen molar-refractivity contribution >= 4 is 11.5 Å². The third-order valence-corrected chi connectivity index (χ3v) is 4.12. The molecule has 0 aromatic carbocycles. The minimum absolute atomic E-state index is 0.718. The van der Waals surface area contributed by atoms with Crippen molar-refractivity contribution in [3.8, 4) is 0 Å². The van der Waals surface area contributed by atoms with Crippen LogP contribution in [-0.2, 0) is 4.74 Å². The third kappa shape index (κ3) is 2.98. The largest absolute Gasteiger partial charge is 0.397 e. The first kappa shape index (κ1) is 12.7. The number of rotatable bonds is 2. The molecular weight excluding hydrogens is 240 g/mol. The van der Waals surface area contributed by atoms with Gasteiger partial charge in [-0.05, 0) is 25.0 Å². The monoisotopic (exact) mass is 262 g/mol. The molecular formula is C14H22N4O. The van der Waals surface area contributed by atoms with Crippen LogP contribution in [0.1, 0.15) is 12.8 Å². The standard InChI is InChI=1S/C14H22N4O/c15-12-1-2-14(16-11-12)18-7-5-17(6-8-18)13-3-9-19-10-4-13/h1-2,11,13H,3-10,15H2. The van der Waals surface area contributed by atoms with Crippen LogP contribution >= 0.6 is 0 Å². The summed E-state index contributed by atoms with van der Waals surface area (Å²) in [5, 5.41) is 0. The van der Waals surface area contributed by atoms with E-state index in [9.17, 15) is 0 Å². The molecule has 0 unspecified atom stereocenters. The summed E-state index contributed by atoms with van der Waals surface area (Å²) in [6, 6.07) is 4.65. The molecule has 2 N–H and O–H groups in total. The van der Waals surface area contributed by atoms with Gasteiger partial charge in [0.25, 0.3) is 0 Å². The van der Waals surface area contributed by atoms with Gasteiger partial charge in [0.2, 0.25) is 0 Å². The number of anilines is 2. The SMILES string of the molecule is Nc1ccc(N2CCN(C3CCOCC3)CC2)nc1. The van der Waals surface area contributed by atoms with Gasteiger partial charge in [0, 0.05) is 45.4 Å². The number of hydrogen-bond donors (Lipinski definition) is 1. The van der Waals surface area contributed by atoms with Crippen LogP contribution in [0.2, 0.25) is 0 Å². The molecule has 3 rings (SSSR count). The summed E-state index contributed by atoms with van der Waals surface area (Å²) in [6.45, 7) is 6.19. The van der Waals surface area contributed by atoms with E-state index >= 15 is 0 Å². The first-order valence-electron chi connectivity index (χ1n) is 7.11. The number of nitrogens with zero attached hydrogens (tertiary/aromatic N) is 3. The quantitative estimate of drug-likeness (QED) is 0.860. The molecule has 0 amide bonds. The lowest BCUT2D eigenvalue weighted by molar-refractivity contribution is 0.0321. The zero-order chi connectivity index (χ0) is 13.1. The van der Waals surface area contributed by atoms with Gasteiger partial charge in [-0.3, -0.25) is 4.90 Å². The van der Waals surface area contributed by atoms with E-state index in [1.165, 1.54) is 12.8 Å². The summed E-state index contributed by atoms with van der Waals surface area (Å²) in [5.41, 5.74) is 6.40. The Kier molecular flexibility index (Phi) is 3.84. The lowest BCUT2D eigenvalue weighted by Crippen LogP contribution is -2.51. The molecule has 0 bridgehead atoms. The Labute approximate surface area is 114 Å².